The highest BCUT2D eigenvalue weighted by atomic mass is 35.5. The van der Waals surface area contributed by atoms with Crippen molar-refractivity contribution in [3.05, 3.63) is 34.2 Å². The van der Waals surface area contributed by atoms with Crippen LogP contribution in [0.3, 0.4) is 0 Å². The molecule has 2 rings (SSSR count). The molecular weight excluding hydrogens is 302 g/mol. The largest absolute Gasteiger partial charge is 0.479 e. The molecule has 3 N–H and O–H groups in total. The molecule has 0 aliphatic carbocycles. The highest BCUT2D eigenvalue weighted by Gasteiger charge is 2.31. The number of fused-ring (bicyclic) bond motifs is 1. The molecule has 0 aliphatic heterocycles. The van der Waals surface area contributed by atoms with Crippen LogP contribution in [0.25, 0.3) is 10.1 Å². The molecule has 7 heteroatoms. The summed E-state index contributed by atoms with van der Waals surface area (Å²) < 4.78 is 0.868. The lowest BCUT2D eigenvalue weighted by Gasteiger charge is -2.17. The minimum Gasteiger partial charge on any atom is -0.479 e. The molecule has 1 aromatic heterocycles. The van der Waals surface area contributed by atoms with E-state index in [1.165, 1.54) is 11.3 Å². The fraction of sp³-hybridized carbons (Fsp3) is 0.231. The van der Waals surface area contributed by atoms with Crippen LogP contribution in [0.5, 0.6) is 0 Å². The molecule has 0 bridgehead atoms. The Morgan fingerprint density at radius 2 is 2.05 bits per heavy atom. The standard InChI is InChI=1S/C13H12ClNO4S/c1-13(19,12(17)18)6-15-11(16)10-9(14)7-4-2-3-5-8(7)20-10/h2-5,19H,6H2,1H3,(H,15,16)(H,17,18). The lowest BCUT2D eigenvalue weighted by molar-refractivity contribution is -0.155. The second-order valence-corrected chi connectivity index (χ2v) is 5.93. The number of hydrogen-bond acceptors (Lipinski definition) is 4. The highest BCUT2D eigenvalue weighted by Crippen LogP contribution is 2.34. The van der Waals surface area contributed by atoms with Crippen molar-refractivity contribution < 1.29 is 19.8 Å². The molecule has 1 atom stereocenters. The van der Waals surface area contributed by atoms with E-state index < -0.39 is 24.0 Å². The van der Waals surface area contributed by atoms with Gasteiger partial charge in [0.15, 0.2) is 5.60 Å². The van der Waals surface area contributed by atoms with E-state index in [4.69, 9.17) is 16.7 Å². The predicted molar refractivity (Wildman–Crippen MR) is 77.4 cm³/mol. The van der Waals surface area contributed by atoms with E-state index in [0.717, 1.165) is 17.0 Å². The van der Waals surface area contributed by atoms with E-state index >= 15 is 0 Å². The second-order valence-electron chi connectivity index (χ2n) is 4.50. The topological polar surface area (TPSA) is 86.6 Å². The van der Waals surface area contributed by atoms with Crippen LogP contribution < -0.4 is 5.32 Å². The van der Waals surface area contributed by atoms with Gasteiger partial charge in [-0.1, -0.05) is 29.8 Å². The van der Waals surface area contributed by atoms with E-state index in [9.17, 15) is 14.7 Å². The summed E-state index contributed by atoms with van der Waals surface area (Å²) in [6.07, 6.45) is 0. The molecule has 1 heterocycles. The Hall–Kier alpha value is -1.63. The third-order valence-corrected chi connectivity index (χ3v) is 4.47. The van der Waals surface area contributed by atoms with Crippen LogP contribution in [0.4, 0.5) is 0 Å². The van der Waals surface area contributed by atoms with Crippen molar-refractivity contribution in [2.75, 3.05) is 6.54 Å². The third kappa shape index (κ3) is 2.77. The molecule has 0 saturated heterocycles. The quantitative estimate of drug-likeness (QED) is 0.807. The van der Waals surface area contributed by atoms with Crippen molar-refractivity contribution >= 4 is 44.9 Å². The van der Waals surface area contributed by atoms with Crippen LogP contribution in [-0.2, 0) is 4.79 Å². The Labute approximate surface area is 123 Å². The van der Waals surface area contributed by atoms with Crippen molar-refractivity contribution in [1.29, 1.82) is 0 Å². The molecule has 106 valence electrons. The van der Waals surface area contributed by atoms with Crippen molar-refractivity contribution in [1.82, 2.24) is 5.32 Å². The Morgan fingerprint density at radius 1 is 1.40 bits per heavy atom. The fourth-order valence-corrected chi connectivity index (χ4v) is 3.00. The summed E-state index contributed by atoms with van der Waals surface area (Å²) >= 11 is 7.35. The predicted octanol–water partition coefficient (Wildman–Crippen LogP) is 2.12. The number of hydrogen-bond donors (Lipinski definition) is 3. The summed E-state index contributed by atoms with van der Waals surface area (Å²) in [5.41, 5.74) is -2.02. The van der Waals surface area contributed by atoms with Crippen molar-refractivity contribution in [3.63, 3.8) is 0 Å². The zero-order chi connectivity index (χ0) is 14.9. The van der Waals surface area contributed by atoms with E-state index in [1.54, 1.807) is 6.07 Å². The number of carboxylic acid groups (broad SMARTS) is 1. The number of amides is 1. The normalized spacial score (nSPS) is 13.9. The average Bonchev–Trinajstić information content (AvgIpc) is 2.74. The lowest BCUT2D eigenvalue weighted by Crippen LogP contribution is -2.46. The molecule has 0 fully saturated rings. The SMILES string of the molecule is CC(O)(CNC(=O)c1sc2ccccc2c1Cl)C(=O)O. The van der Waals surface area contributed by atoms with E-state index in [0.29, 0.717) is 9.90 Å². The molecule has 1 unspecified atom stereocenters. The first-order valence-corrected chi connectivity index (χ1v) is 6.93. The van der Waals surface area contributed by atoms with Gasteiger partial charge in [-0.3, -0.25) is 4.79 Å². The van der Waals surface area contributed by atoms with Gasteiger partial charge in [0.2, 0.25) is 0 Å². The van der Waals surface area contributed by atoms with Crippen molar-refractivity contribution in [2.45, 2.75) is 12.5 Å². The number of benzene rings is 1. The first kappa shape index (κ1) is 14.8. The van der Waals surface area contributed by atoms with Crippen LogP contribution in [0.15, 0.2) is 24.3 Å². The molecule has 2 aromatic rings. The summed E-state index contributed by atoms with van der Waals surface area (Å²) in [5.74, 6) is -1.90. The first-order valence-electron chi connectivity index (χ1n) is 5.74. The Kier molecular flexibility index (Phi) is 3.99. The maximum Gasteiger partial charge on any atom is 0.337 e. The van der Waals surface area contributed by atoms with Gasteiger partial charge in [-0.2, -0.15) is 0 Å². The van der Waals surface area contributed by atoms with Gasteiger partial charge in [-0.25, -0.2) is 4.79 Å². The molecule has 0 radical (unpaired) electrons. The summed E-state index contributed by atoms with van der Waals surface area (Å²) in [5, 5.41) is 21.8. The smallest absolute Gasteiger partial charge is 0.337 e. The number of thiophene rings is 1. The maximum atomic E-state index is 12.0. The maximum absolute atomic E-state index is 12.0. The Morgan fingerprint density at radius 3 is 2.65 bits per heavy atom. The summed E-state index contributed by atoms with van der Waals surface area (Å²) in [7, 11) is 0. The number of halogens is 1. The van der Waals surface area contributed by atoms with Gasteiger partial charge in [0.05, 0.1) is 11.6 Å². The lowest BCUT2D eigenvalue weighted by atomic mass is 10.1. The van der Waals surface area contributed by atoms with Crippen LogP contribution in [0.1, 0.15) is 16.6 Å². The number of nitrogens with one attached hydrogen (secondary N) is 1. The molecule has 5 nitrogen and oxygen atoms in total. The highest BCUT2D eigenvalue weighted by molar-refractivity contribution is 7.21. The zero-order valence-electron chi connectivity index (χ0n) is 10.5. The molecule has 20 heavy (non-hydrogen) atoms. The van der Waals surface area contributed by atoms with E-state index in [1.807, 2.05) is 18.2 Å². The number of carbonyl (C=O) groups is 2. The zero-order valence-corrected chi connectivity index (χ0v) is 12.1. The first-order chi connectivity index (χ1) is 9.33. The van der Waals surface area contributed by atoms with Crippen LogP contribution >= 0.6 is 22.9 Å². The Bertz CT molecular complexity index is 680. The van der Waals surface area contributed by atoms with Crippen molar-refractivity contribution in [3.8, 4) is 0 Å². The van der Waals surface area contributed by atoms with Gasteiger partial charge in [0.25, 0.3) is 5.91 Å². The molecule has 1 aromatic carbocycles. The molecule has 0 aliphatic rings. The average molecular weight is 314 g/mol. The van der Waals surface area contributed by atoms with E-state index in [2.05, 4.69) is 5.32 Å². The van der Waals surface area contributed by atoms with Crippen LogP contribution in [0.2, 0.25) is 5.02 Å². The van der Waals surface area contributed by atoms with Crippen LogP contribution in [-0.4, -0.2) is 34.2 Å². The minimum atomic E-state index is -2.02. The van der Waals surface area contributed by atoms with Crippen molar-refractivity contribution in [2.24, 2.45) is 0 Å². The summed E-state index contributed by atoms with van der Waals surface area (Å²) in [6.45, 7) is 0.716. The van der Waals surface area contributed by atoms with Gasteiger partial charge in [0, 0.05) is 10.1 Å². The summed E-state index contributed by atoms with van der Waals surface area (Å²) in [4.78, 5) is 23.1. The van der Waals surface area contributed by atoms with Gasteiger partial charge in [-0.05, 0) is 13.0 Å². The number of rotatable bonds is 4. The number of carbonyl (C=O) groups excluding carboxylic acids is 1. The number of aliphatic carboxylic acids is 1. The number of aliphatic hydroxyl groups is 1. The molecule has 1 amide bonds. The molecule has 0 spiro atoms. The fourth-order valence-electron chi connectivity index (χ4n) is 1.57. The van der Waals surface area contributed by atoms with Gasteiger partial charge >= 0.3 is 5.97 Å². The number of carboxylic acids is 1. The molecule has 0 saturated carbocycles. The van der Waals surface area contributed by atoms with Gasteiger partial charge < -0.3 is 15.5 Å². The van der Waals surface area contributed by atoms with Crippen LogP contribution in [0, 0.1) is 0 Å². The van der Waals surface area contributed by atoms with Gasteiger partial charge in [0.1, 0.15) is 4.88 Å². The summed E-state index contributed by atoms with van der Waals surface area (Å²) in [6, 6.07) is 7.30. The monoisotopic (exact) mass is 313 g/mol. The van der Waals surface area contributed by atoms with Gasteiger partial charge in [-0.15, -0.1) is 11.3 Å². The Balaban J connectivity index is 2.20. The third-order valence-electron chi connectivity index (χ3n) is 2.80. The van der Waals surface area contributed by atoms with E-state index in [-0.39, 0.29) is 0 Å². The minimum absolute atomic E-state index is 0.300. The molecular formula is C13H12ClNO4S. The second kappa shape index (κ2) is 5.40.